The third kappa shape index (κ3) is 4.81. The first kappa shape index (κ1) is 5.81. The first-order chi connectivity index (χ1) is 2.27. The minimum atomic E-state index is 0.0617. The molecule has 0 bridgehead atoms. The molecule has 0 aromatic carbocycles. The molecule has 0 nitrogen and oxygen atoms in total. The molecule has 0 aromatic heterocycles. The van der Waals surface area contributed by atoms with Crippen molar-refractivity contribution in [2.75, 3.05) is 0 Å². The predicted molar refractivity (Wildman–Crippen MR) is 23.3 cm³/mol. The van der Waals surface area contributed by atoms with Crippen molar-refractivity contribution in [3.05, 3.63) is 0 Å². The molecule has 2 heteroatoms. The Bertz CT molecular complexity index is 20.9. The van der Waals surface area contributed by atoms with Crippen molar-refractivity contribution in [1.82, 2.24) is 0 Å². The second-order valence-corrected chi connectivity index (χ2v) is 6.92. The van der Waals surface area contributed by atoms with E-state index in [1.807, 2.05) is 0 Å². The molecular weight excluding hydrogens is 228 g/mol. The molecule has 0 atom stereocenters. The van der Waals surface area contributed by atoms with Crippen LogP contribution in [0.5, 0.6) is 0 Å². The van der Waals surface area contributed by atoms with E-state index in [0.717, 1.165) is 4.80 Å². The zero-order chi connectivity index (χ0) is 4.28. The molecule has 0 unspecified atom stereocenters. The van der Waals surface area contributed by atoms with Crippen molar-refractivity contribution in [1.29, 1.82) is 0 Å². The average Bonchev–Trinajstić information content (AvgIpc) is 1.38. The molecular formula is C3H9BTa. The Balaban J connectivity index is 2.54. The van der Waals surface area contributed by atoms with E-state index in [1.165, 1.54) is 0 Å². The standard InChI is InChI=1S/C2H6B.CH3.Ta/c1-3-2;;/h1-2H3;1H3;/q+1;;-1. The summed E-state index contributed by atoms with van der Waals surface area (Å²) < 4.78 is 0. The Labute approximate surface area is 43.5 Å². The minimum absolute atomic E-state index is 0.0617. The normalized spacial score (nSPS) is 7.00. The molecule has 0 aliphatic heterocycles. The molecule has 0 fully saturated rings. The van der Waals surface area contributed by atoms with Crippen LogP contribution in [-0.2, 0) is 19.5 Å². The molecule has 0 saturated carbocycles. The van der Waals surface area contributed by atoms with E-state index >= 15 is 0 Å². The van der Waals surface area contributed by atoms with Crippen LogP contribution in [0.15, 0.2) is 0 Å². The van der Waals surface area contributed by atoms with E-state index in [-0.39, 0.29) is 19.5 Å². The third-order valence-electron chi connectivity index (χ3n) is 0.516. The van der Waals surface area contributed by atoms with Crippen LogP contribution < -0.4 is 0 Å². The van der Waals surface area contributed by atoms with E-state index in [2.05, 4.69) is 18.8 Å². The van der Waals surface area contributed by atoms with Crippen molar-refractivity contribution in [2.45, 2.75) is 18.8 Å². The topological polar surface area (TPSA) is 0 Å². The van der Waals surface area contributed by atoms with E-state index in [0.29, 0.717) is 0 Å². The van der Waals surface area contributed by atoms with Crippen LogP contribution in [0.1, 0.15) is 0 Å². The molecule has 0 aromatic rings. The number of hydrogen-bond donors (Lipinski definition) is 0. The van der Waals surface area contributed by atoms with Gasteiger partial charge in [0.05, 0.1) is 0 Å². The van der Waals surface area contributed by atoms with Crippen molar-refractivity contribution >= 4 is 4.80 Å². The Kier molecular flexibility index (Phi) is 3.50. The van der Waals surface area contributed by atoms with Gasteiger partial charge in [0.25, 0.3) is 0 Å². The van der Waals surface area contributed by atoms with Crippen molar-refractivity contribution < 1.29 is 19.5 Å². The van der Waals surface area contributed by atoms with Crippen LogP contribution in [0, 0.1) is 0 Å². The SMILES string of the molecule is [CH3][Ta][B](C)C. The van der Waals surface area contributed by atoms with Gasteiger partial charge in [0.2, 0.25) is 0 Å². The second-order valence-electron chi connectivity index (χ2n) is 1.35. The van der Waals surface area contributed by atoms with Gasteiger partial charge in [-0.25, -0.2) is 0 Å². The Hall–Kier alpha value is 0.805. The van der Waals surface area contributed by atoms with Crippen LogP contribution in [-0.4, -0.2) is 4.80 Å². The summed E-state index contributed by atoms with van der Waals surface area (Å²) in [7, 11) is 0. The first-order valence-corrected chi connectivity index (χ1v) is 6.93. The predicted octanol–water partition coefficient (Wildman–Crippen LogP) is 1.37. The Morgan fingerprint density at radius 3 is 1.60 bits per heavy atom. The summed E-state index contributed by atoms with van der Waals surface area (Å²) in [6, 6.07) is 0. The molecule has 0 radical (unpaired) electrons. The molecule has 0 rings (SSSR count). The van der Waals surface area contributed by atoms with Gasteiger partial charge in [-0.3, -0.25) is 0 Å². The van der Waals surface area contributed by atoms with Gasteiger partial charge in [-0.1, -0.05) is 0 Å². The summed E-state index contributed by atoms with van der Waals surface area (Å²) in [6.45, 7) is 4.60. The summed E-state index contributed by atoms with van der Waals surface area (Å²) in [6.07, 6.45) is 0. The molecule has 0 aliphatic rings. The van der Waals surface area contributed by atoms with Gasteiger partial charge in [0.15, 0.2) is 0 Å². The monoisotopic (exact) mass is 237 g/mol. The molecule has 29 valence electrons. The summed E-state index contributed by atoms with van der Waals surface area (Å²) in [5, 5.41) is 2.38. The first-order valence-electron chi connectivity index (χ1n) is 1.86. The summed E-state index contributed by atoms with van der Waals surface area (Å²) in [5.41, 5.74) is 0. The summed E-state index contributed by atoms with van der Waals surface area (Å²) in [5.74, 6) is 0. The Morgan fingerprint density at radius 1 is 1.40 bits per heavy atom. The van der Waals surface area contributed by atoms with E-state index < -0.39 is 0 Å². The van der Waals surface area contributed by atoms with Gasteiger partial charge < -0.3 is 0 Å². The van der Waals surface area contributed by atoms with Crippen LogP contribution in [0.2, 0.25) is 18.8 Å². The summed E-state index contributed by atoms with van der Waals surface area (Å²) in [4.78, 5) is 1.06. The molecule has 0 heterocycles. The molecule has 0 amide bonds. The van der Waals surface area contributed by atoms with Crippen molar-refractivity contribution in [3.63, 3.8) is 0 Å². The number of rotatable bonds is 1. The third-order valence-corrected chi connectivity index (χ3v) is 4.23. The molecule has 0 aliphatic carbocycles. The fraction of sp³-hybridized carbons (Fsp3) is 1.00. The van der Waals surface area contributed by atoms with E-state index in [4.69, 9.17) is 0 Å². The fourth-order valence-corrected chi connectivity index (χ4v) is 0. The van der Waals surface area contributed by atoms with Gasteiger partial charge in [0, 0.05) is 0 Å². The number of hydrogen-bond acceptors (Lipinski definition) is 0. The quantitative estimate of drug-likeness (QED) is 0.604. The van der Waals surface area contributed by atoms with Gasteiger partial charge >= 0.3 is 43.1 Å². The average molecular weight is 237 g/mol. The van der Waals surface area contributed by atoms with E-state index in [1.54, 1.807) is 0 Å². The fourth-order valence-electron chi connectivity index (χ4n) is 0. The van der Waals surface area contributed by atoms with Crippen LogP contribution in [0.25, 0.3) is 0 Å². The van der Waals surface area contributed by atoms with Crippen LogP contribution in [0.4, 0.5) is 0 Å². The van der Waals surface area contributed by atoms with Crippen molar-refractivity contribution in [3.8, 4) is 0 Å². The van der Waals surface area contributed by atoms with Gasteiger partial charge in [0.1, 0.15) is 0 Å². The molecule has 0 N–H and O–H groups in total. The van der Waals surface area contributed by atoms with E-state index in [9.17, 15) is 0 Å². The zero-order valence-electron chi connectivity index (χ0n) is 4.02. The van der Waals surface area contributed by atoms with Gasteiger partial charge in [-0.2, -0.15) is 0 Å². The molecule has 5 heavy (non-hydrogen) atoms. The van der Waals surface area contributed by atoms with Crippen molar-refractivity contribution in [2.24, 2.45) is 0 Å². The Morgan fingerprint density at radius 2 is 1.60 bits per heavy atom. The maximum atomic E-state index is 2.38. The van der Waals surface area contributed by atoms with Gasteiger partial charge in [-0.15, -0.1) is 0 Å². The maximum absolute atomic E-state index is 2.38. The van der Waals surface area contributed by atoms with Crippen LogP contribution in [0.3, 0.4) is 0 Å². The van der Waals surface area contributed by atoms with Gasteiger partial charge in [-0.05, 0) is 0 Å². The molecule has 0 spiro atoms. The zero-order valence-corrected chi connectivity index (χ0v) is 7.24. The molecule has 0 saturated heterocycles. The second kappa shape index (κ2) is 3.01. The summed E-state index contributed by atoms with van der Waals surface area (Å²) >= 11 is 0.0617. The van der Waals surface area contributed by atoms with Crippen LogP contribution >= 0.6 is 0 Å².